The van der Waals surface area contributed by atoms with Gasteiger partial charge in [0.05, 0.1) is 20.6 Å². The minimum absolute atomic E-state index is 0.0741. The van der Waals surface area contributed by atoms with E-state index in [0.717, 1.165) is 30.4 Å². The van der Waals surface area contributed by atoms with Crippen molar-refractivity contribution in [1.82, 2.24) is 10.2 Å². The molecule has 6 nitrogen and oxygen atoms in total. The predicted octanol–water partition coefficient (Wildman–Crippen LogP) is 4.57. The Labute approximate surface area is 200 Å². The van der Waals surface area contributed by atoms with Crippen LogP contribution in [0.15, 0.2) is 53.4 Å². The molecule has 1 N–H and O–H groups in total. The van der Waals surface area contributed by atoms with E-state index in [1.165, 1.54) is 37.8 Å². The van der Waals surface area contributed by atoms with E-state index in [1.54, 1.807) is 36.4 Å². The van der Waals surface area contributed by atoms with Crippen LogP contribution in [0.4, 0.5) is 5.69 Å². The summed E-state index contributed by atoms with van der Waals surface area (Å²) in [6.07, 6.45) is 5.82. The lowest BCUT2D eigenvalue weighted by Gasteiger charge is -2.25. The summed E-state index contributed by atoms with van der Waals surface area (Å²) in [5.74, 6) is -0.392. The molecule has 1 aliphatic rings. The number of nitrogens with one attached hydrogen (secondary N) is 1. The van der Waals surface area contributed by atoms with Crippen LogP contribution in [-0.2, 0) is 14.8 Å². The Morgan fingerprint density at radius 3 is 2.34 bits per heavy atom. The van der Waals surface area contributed by atoms with E-state index in [1.807, 2.05) is 0 Å². The monoisotopic (exact) mass is 497 g/mol. The molecule has 1 fully saturated rings. The summed E-state index contributed by atoms with van der Waals surface area (Å²) in [6.45, 7) is 3.22. The molecular weight excluding hydrogens is 469 g/mol. The maximum atomic E-state index is 13.3. The van der Waals surface area contributed by atoms with Gasteiger partial charge in [0.25, 0.3) is 10.0 Å². The molecule has 0 aromatic heterocycles. The normalized spacial score (nSPS) is 15.2. The Morgan fingerprint density at radius 1 is 0.969 bits per heavy atom. The fraction of sp³-hybridized carbons (Fsp3) is 0.435. The molecule has 32 heavy (non-hydrogen) atoms. The Morgan fingerprint density at radius 2 is 1.66 bits per heavy atom. The minimum atomic E-state index is -4.02. The summed E-state index contributed by atoms with van der Waals surface area (Å²) in [7, 11) is -4.02. The number of carbonyl (C=O) groups is 1. The van der Waals surface area contributed by atoms with E-state index in [4.69, 9.17) is 23.2 Å². The molecule has 3 rings (SSSR count). The average molecular weight is 498 g/mol. The first-order chi connectivity index (χ1) is 15.4. The van der Waals surface area contributed by atoms with Gasteiger partial charge in [-0.3, -0.25) is 9.10 Å². The first-order valence-corrected chi connectivity index (χ1v) is 13.1. The van der Waals surface area contributed by atoms with Gasteiger partial charge in [-0.2, -0.15) is 0 Å². The lowest BCUT2D eigenvalue weighted by Crippen LogP contribution is -2.41. The second-order valence-electron chi connectivity index (χ2n) is 7.86. The molecule has 0 atom stereocenters. The average Bonchev–Trinajstić information content (AvgIpc) is 3.07. The number of amides is 1. The number of anilines is 1. The summed E-state index contributed by atoms with van der Waals surface area (Å²) in [5.41, 5.74) is 0.169. The third-order valence-corrected chi connectivity index (χ3v) is 8.07. The van der Waals surface area contributed by atoms with Gasteiger partial charge in [0.2, 0.25) is 5.91 Å². The van der Waals surface area contributed by atoms with Crippen molar-refractivity contribution in [2.75, 3.05) is 37.0 Å². The van der Waals surface area contributed by atoms with Crippen LogP contribution in [0.2, 0.25) is 10.0 Å². The number of rotatable bonds is 9. The van der Waals surface area contributed by atoms with Crippen molar-refractivity contribution in [3.8, 4) is 0 Å². The topological polar surface area (TPSA) is 69.7 Å². The standard InChI is InChI=1S/C23H29Cl2N3O3S/c24-20-12-8-13-21(23(20)25)28(32(30,31)19-10-4-3-5-11-19)18-22(29)26-14-9-17-27-15-6-1-2-7-16-27/h3-5,8,10-13H,1-2,6-7,9,14-18H2,(H,26,29). The SMILES string of the molecule is O=C(CN(c1cccc(Cl)c1Cl)S(=O)(=O)c1ccccc1)NCCCN1CCCCCC1. The maximum absolute atomic E-state index is 13.3. The van der Waals surface area contributed by atoms with Crippen molar-refractivity contribution in [2.45, 2.75) is 37.0 Å². The van der Waals surface area contributed by atoms with Crippen LogP contribution in [0.1, 0.15) is 32.1 Å². The lowest BCUT2D eigenvalue weighted by atomic mass is 10.2. The van der Waals surface area contributed by atoms with Gasteiger partial charge >= 0.3 is 0 Å². The van der Waals surface area contributed by atoms with Crippen molar-refractivity contribution in [2.24, 2.45) is 0 Å². The molecule has 0 aliphatic carbocycles. The molecule has 1 heterocycles. The molecule has 2 aromatic carbocycles. The minimum Gasteiger partial charge on any atom is -0.354 e. The Bertz CT molecular complexity index is 995. The highest BCUT2D eigenvalue weighted by atomic mass is 35.5. The van der Waals surface area contributed by atoms with Crippen molar-refractivity contribution >= 4 is 44.8 Å². The Kier molecular flexibility index (Phi) is 9.22. The van der Waals surface area contributed by atoms with Crippen molar-refractivity contribution in [3.05, 3.63) is 58.6 Å². The highest BCUT2D eigenvalue weighted by Crippen LogP contribution is 2.35. The van der Waals surface area contributed by atoms with Gasteiger partial charge in [0.1, 0.15) is 6.54 Å². The molecular formula is C23H29Cl2N3O3S. The Balaban J connectivity index is 1.69. The number of nitrogens with zero attached hydrogens (tertiary/aromatic N) is 2. The van der Waals surface area contributed by atoms with Crippen molar-refractivity contribution < 1.29 is 13.2 Å². The third kappa shape index (κ3) is 6.61. The van der Waals surface area contributed by atoms with Gasteiger partial charge in [-0.1, -0.05) is 60.3 Å². The van der Waals surface area contributed by atoms with Gasteiger partial charge in [-0.15, -0.1) is 0 Å². The molecule has 1 saturated heterocycles. The molecule has 0 saturated carbocycles. The smallest absolute Gasteiger partial charge is 0.264 e. The van der Waals surface area contributed by atoms with E-state index in [-0.39, 0.29) is 27.2 Å². The zero-order chi connectivity index (χ0) is 23.0. The van der Waals surface area contributed by atoms with Gasteiger partial charge in [0.15, 0.2) is 0 Å². The van der Waals surface area contributed by atoms with Crippen LogP contribution in [0.5, 0.6) is 0 Å². The van der Waals surface area contributed by atoms with E-state index in [0.29, 0.717) is 6.54 Å². The number of hydrogen-bond acceptors (Lipinski definition) is 4. The molecule has 9 heteroatoms. The summed E-state index contributed by atoms with van der Waals surface area (Å²) in [6, 6.07) is 12.7. The number of carbonyl (C=O) groups excluding carboxylic acids is 1. The van der Waals surface area contributed by atoms with E-state index >= 15 is 0 Å². The highest BCUT2D eigenvalue weighted by Gasteiger charge is 2.29. The zero-order valence-corrected chi connectivity index (χ0v) is 20.3. The number of sulfonamides is 1. The highest BCUT2D eigenvalue weighted by molar-refractivity contribution is 7.92. The zero-order valence-electron chi connectivity index (χ0n) is 18.0. The van der Waals surface area contributed by atoms with Crippen molar-refractivity contribution in [3.63, 3.8) is 0 Å². The summed E-state index contributed by atoms with van der Waals surface area (Å²) < 4.78 is 27.7. The van der Waals surface area contributed by atoms with Crippen LogP contribution in [0.25, 0.3) is 0 Å². The second-order valence-corrected chi connectivity index (χ2v) is 10.5. The van der Waals surface area contributed by atoms with Crippen LogP contribution < -0.4 is 9.62 Å². The van der Waals surface area contributed by atoms with E-state index in [2.05, 4.69) is 10.2 Å². The largest absolute Gasteiger partial charge is 0.354 e. The number of hydrogen-bond donors (Lipinski definition) is 1. The first kappa shape index (κ1) is 24.8. The van der Waals surface area contributed by atoms with Crippen LogP contribution in [-0.4, -0.2) is 51.9 Å². The van der Waals surface area contributed by atoms with E-state index < -0.39 is 15.9 Å². The van der Waals surface area contributed by atoms with Gasteiger partial charge in [0, 0.05) is 6.54 Å². The van der Waals surface area contributed by atoms with E-state index in [9.17, 15) is 13.2 Å². The number of likely N-dealkylation sites (tertiary alicyclic amines) is 1. The van der Waals surface area contributed by atoms with Crippen LogP contribution in [0.3, 0.4) is 0 Å². The fourth-order valence-electron chi connectivity index (χ4n) is 3.78. The second kappa shape index (κ2) is 11.9. The van der Waals surface area contributed by atoms with Gasteiger partial charge in [-0.05, 0) is 63.2 Å². The Hall–Kier alpha value is -1.80. The number of benzene rings is 2. The summed E-state index contributed by atoms with van der Waals surface area (Å²) in [4.78, 5) is 15.2. The predicted molar refractivity (Wildman–Crippen MR) is 130 cm³/mol. The summed E-state index contributed by atoms with van der Waals surface area (Å²) >= 11 is 12.4. The number of halogens is 2. The molecule has 174 valence electrons. The molecule has 0 unspecified atom stereocenters. The molecule has 1 aliphatic heterocycles. The fourth-order valence-corrected chi connectivity index (χ4v) is 5.68. The molecule has 1 amide bonds. The first-order valence-electron chi connectivity index (χ1n) is 10.9. The summed E-state index contributed by atoms with van der Waals surface area (Å²) in [5, 5.41) is 3.15. The van der Waals surface area contributed by atoms with Crippen LogP contribution >= 0.6 is 23.2 Å². The van der Waals surface area contributed by atoms with Crippen LogP contribution in [0, 0.1) is 0 Å². The third-order valence-electron chi connectivity index (χ3n) is 5.49. The lowest BCUT2D eigenvalue weighted by molar-refractivity contribution is -0.119. The molecule has 0 radical (unpaired) electrons. The molecule has 0 bridgehead atoms. The van der Waals surface area contributed by atoms with Crippen molar-refractivity contribution in [1.29, 1.82) is 0 Å². The molecule has 0 spiro atoms. The quantitative estimate of drug-likeness (QED) is 0.515. The maximum Gasteiger partial charge on any atom is 0.264 e. The van der Waals surface area contributed by atoms with Gasteiger partial charge < -0.3 is 10.2 Å². The van der Waals surface area contributed by atoms with Gasteiger partial charge in [-0.25, -0.2) is 8.42 Å². The molecule has 2 aromatic rings.